The summed E-state index contributed by atoms with van der Waals surface area (Å²) in [7, 11) is 0. The maximum atomic E-state index is 5.94. The molecule has 0 unspecified atom stereocenters. The second-order valence-corrected chi connectivity index (χ2v) is 5.29. The third-order valence-electron chi connectivity index (χ3n) is 2.70. The van der Waals surface area contributed by atoms with E-state index in [4.69, 9.17) is 17.3 Å². The number of rotatable bonds is 2. The van der Waals surface area contributed by atoms with Gasteiger partial charge in [-0.15, -0.1) is 0 Å². The Morgan fingerprint density at radius 2 is 2.33 bits per heavy atom. The molecule has 1 saturated heterocycles. The highest BCUT2D eigenvalue weighted by Crippen LogP contribution is 2.24. The third-order valence-corrected chi connectivity index (χ3v) is 3.91. The average molecular weight is 290 g/mol. The number of likely N-dealkylation sites (tertiary alicyclic amines) is 1. The molecule has 1 heterocycles. The lowest BCUT2D eigenvalue weighted by Gasteiger charge is -2.15. The first kappa shape index (κ1) is 11.4. The van der Waals surface area contributed by atoms with E-state index in [2.05, 4.69) is 33.0 Å². The standard InChI is InChI=1S/C11H14BrClN2/c12-10-5-8(1-2-11(10)13)6-15-4-3-9(14)7-15/h1-2,5,9H,3-4,6-7,14H2/t9-/m1/s1. The fourth-order valence-electron chi connectivity index (χ4n) is 1.90. The van der Waals surface area contributed by atoms with Crippen molar-refractivity contribution >= 4 is 27.5 Å². The molecule has 0 saturated carbocycles. The van der Waals surface area contributed by atoms with Gasteiger partial charge in [0, 0.05) is 30.1 Å². The molecule has 0 aromatic heterocycles. The molecule has 1 aromatic rings. The molecule has 0 amide bonds. The summed E-state index contributed by atoms with van der Waals surface area (Å²) >= 11 is 9.37. The van der Waals surface area contributed by atoms with Gasteiger partial charge in [0.05, 0.1) is 5.02 Å². The average Bonchev–Trinajstić information content (AvgIpc) is 2.58. The van der Waals surface area contributed by atoms with Crippen molar-refractivity contribution in [3.8, 4) is 0 Å². The Labute approximate surface area is 104 Å². The van der Waals surface area contributed by atoms with Gasteiger partial charge < -0.3 is 5.73 Å². The van der Waals surface area contributed by atoms with Gasteiger partial charge in [-0.05, 0) is 40.0 Å². The van der Waals surface area contributed by atoms with Crippen LogP contribution < -0.4 is 5.73 Å². The van der Waals surface area contributed by atoms with Gasteiger partial charge in [0.1, 0.15) is 0 Å². The second-order valence-electron chi connectivity index (χ2n) is 4.03. The molecular weight excluding hydrogens is 275 g/mol. The van der Waals surface area contributed by atoms with Gasteiger partial charge in [0.2, 0.25) is 0 Å². The van der Waals surface area contributed by atoms with Crippen LogP contribution in [0, 0.1) is 0 Å². The lowest BCUT2D eigenvalue weighted by atomic mass is 10.2. The number of nitrogens with zero attached hydrogens (tertiary/aromatic N) is 1. The zero-order valence-electron chi connectivity index (χ0n) is 8.42. The van der Waals surface area contributed by atoms with Crippen LogP contribution in [0.5, 0.6) is 0 Å². The molecule has 0 bridgehead atoms. The van der Waals surface area contributed by atoms with Crippen LogP contribution in [0.1, 0.15) is 12.0 Å². The van der Waals surface area contributed by atoms with E-state index in [0.29, 0.717) is 6.04 Å². The second kappa shape index (κ2) is 4.83. The fourth-order valence-corrected chi connectivity index (χ4v) is 2.45. The van der Waals surface area contributed by atoms with Crippen molar-refractivity contribution in [3.63, 3.8) is 0 Å². The van der Waals surface area contributed by atoms with E-state index >= 15 is 0 Å². The van der Waals surface area contributed by atoms with Crippen molar-refractivity contribution in [2.45, 2.75) is 19.0 Å². The molecule has 0 spiro atoms. The largest absolute Gasteiger partial charge is 0.326 e. The summed E-state index contributed by atoms with van der Waals surface area (Å²) in [6, 6.07) is 6.42. The molecule has 2 nitrogen and oxygen atoms in total. The lowest BCUT2D eigenvalue weighted by molar-refractivity contribution is 0.327. The smallest absolute Gasteiger partial charge is 0.0548 e. The normalized spacial score (nSPS) is 22.2. The highest BCUT2D eigenvalue weighted by atomic mass is 79.9. The molecule has 2 N–H and O–H groups in total. The first-order valence-corrected chi connectivity index (χ1v) is 6.24. The SMILES string of the molecule is N[C@@H]1CCN(Cc2ccc(Cl)c(Br)c2)C1. The maximum absolute atomic E-state index is 5.94. The van der Waals surface area contributed by atoms with E-state index in [1.165, 1.54) is 5.56 Å². The van der Waals surface area contributed by atoms with Crippen LogP contribution in [-0.2, 0) is 6.54 Å². The minimum Gasteiger partial charge on any atom is -0.326 e. The minimum absolute atomic E-state index is 0.348. The summed E-state index contributed by atoms with van der Waals surface area (Å²) in [5.41, 5.74) is 7.14. The van der Waals surface area contributed by atoms with Crippen molar-refractivity contribution in [3.05, 3.63) is 33.3 Å². The lowest BCUT2D eigenvalue weighted by Crippen LogP contribution is -2.26. The van der Waals surface area contributed by atoms with E-state index in [-0.39, 0.29) is 0 Å². The van der Waals surface area contributed by atoms with E-state index in [1.807, 2.05) is 6.07 Å². The number of hydrogen-bond donors (Lipinski definition) is 1. The number of halogens is 2. The third kappa shape index (κ3) is 2.94. The van der Waals surface area contributed by atoms with E-state index in [1.54, 1.807) is 0 Å². The summed E-state index contributed by atoms with van der Waals surface area (Å²) in [5.74, 6) is 0. The molecule has 15 heavy (non-hydrogen) atoms. The van der Waals surface area contributed by atoms with Gasteiger partial charge in [0.25, 0.3) is 0 Å². The van der Waals surface area contributed by atoms with Crippen molar-refractivity contribution in [2.24, 2.45) is 5.73 Å². The van der Waals surface area contributed by atoms with Crippen LogP contribution in [0.2, 0.25) is 5.02 Å². The molecule has 0 aliphatic carbocycles. The topological polar surface area (TPSA) is 29.3 Å². The summed E-state index contributed by atoms with van der Waals surface area (Å²) in [6.07, 6.45) is 1.11. The zero-order valence-corrected chi connectivity index (χ0v) is 10.8. The Hall–Kier alpha value is -0.0900. The van der Waals surface area contributed by atoms with Crippen LogP contribution in [-0.4, -0.2) is 24.0 Å². The quantitative estimate of drug-likeness (QED) is 0.907. The molecule has 1 aliphatic heterocycles. The zero-order chi connectivity index (χ0) is 10.8. The van der Waals surface area contributed by atoms with Crippen molar-refractivity contribution in [1.29, 1.82) is 0 Å². The predicted octanol–water partition coefficient (Wildman–Crippen LogP) is 2.64. The molecule has 4 heteroatoms. The number of nitrogens with two attached hydrogens (primary N) is 1. The molecule has 1 fully saturated rings. The molecule has 0 radical (unpaired) electrons. The van der Waals surface area contributed by atoms with Gasteiger partial charge >= 0.3 is 0 Å². The van der Waals surface area contributed by atoms with Gasteiger partial charge in [-0.3, -0.25) is 4.90 Å². The van der Waals surface area contributed by atoms with E-state index in [0.717, 1.165) is 35.6 Å². The van der Waals surface area contributed by atoms with Gasteiger partial charge in [-0.1, -0.05) is 17.7 Å². The molecule has 1 aliphatic rings. The highest BCUT2D eigenvalue weighted by molar-refractivity contribution is 9.10. The van der Waals surface area contributed by atoms with E-state index in [9.17, 15) is 0 Å². The van der Waals surface area contributed by atoms with Gasteiger partial charge in [0.15, 0.2) is 0 Å². The molecule has 1 aromatic carbocycles. The molecule has 82 valence electrons. The van der Waals surface area contributed by atoms with Crippen molar-refractivity contribution < 1.29 is 0 Å². The van der Waals surface area contributed by atoms with Crippen LogP contribution in [0.15, 0.2) is 22.7 Å². The van der Waals surface area contributed by atoms with Crippen molar-refractivity contribution in [1.82, 2.24) is 4.90 Å². The molecular formula is C11H14BrClN2. The van der Waals surface area contributed by atoms with Crippen LogP contribution in [0.3, 0.4) is 0 Å². The first-order valence-electron chi connectivity index (χ1n) is 5.07. The highest BCUT2D eigenvalue weighted by Gasteiger charge is 2.18. The summed E-state index contributed by atoms with van der Waals surface area (Å²) < 4.78 is 0.963. The Morgan fingerprint density at radius 3 is 2.93 bits per heavy atom. The molecule has 1 atom stereocenters. The van der Waals surface area contributed by atoms with Gasteiger partial charge in [-0.2, -0.15) is 0 Å². The number of benzene rings is 1. The minimum atomic E-state index is 0.348. The predicted molar refractivity (Wildman–Crippen MR) is 67.0 cm³/mol. The Kier molecular flexibility index (Phi) is 3.67. The van der Waals surface area contributed by atoms with Crippen molar-refractivity contribution in [2.75, 3.05) is 13.1 Å². The van der Waals surface area contributed by atoms with Crippen LogP contribution >= 0.6 is 27.5 Å². The van der Waals surface area contributed by atoms with Gasteiger partial charge in [-0.25, -0.2) is 0 Å². The van der Waals surface area contributed by atoms with Crippen LogP contribution in [0.25, 0.3) is 0 Å². The Balaban J connectivity index is 2.02. The summed E-state index contributed by atoms with van der Waals surface area (Å²) in [5, 5.41) is 0.761. The monoisotopic (exact) mass is 288 g/mol. The Bertz CT molecular complexity index is 356. The number of hydrogen-bond acceptors (Lipinski definition) is 2. The molecule has 2 rings (SSSR count). The Morgan fingerprint density at radius 1 is 1.53 bits per heavy atom. The van der Waals surface area contributed by atoms with Crippen LogP contribution in [0.4, 0.5) is 0 Å². The summed E-state index contributed by atoms with van der Waals surface area (Å²) in [4.78, 5) is 2.38. The summed E-state index contributed by atoms with van der Waals surface area (Å²) in [6.45, 7) is 3.06. The first-order chi connectivity index (χ1) is 7.15. The fraction of sp³-hybridized carbons (Fsp3) is 0.455. The van der Waals surface area contributed by atoms with E-state index < -0.39 is 0 Å². The maximum Gasteiger partial charge on any atom is 0.0548 e.